The number of aromatic nitrogens is 2. The largest absolute Gasteiger partial charge is 0.478 e. The standard InChI is InChI=1S/C19H17N3O2/c1-13-21-17(15-5-3-2-4-6-15)11-18(22-13)20-12-14-7-9-16(10-8-14)19(23)24/h2-11H,12H2,1H3,(H,23,24)(H,20,21,22). The molecule has 1 aromatic heterocycles. The monoisotopic (exact) mass is 319 g/mol. The van der Waals surface area contributed by atoms with Gasteiger partial charge < -0.3 is 10.4 Å². The highest BCUT2D eigenvalue weighted by molar-refractivity contribution is 5.87. The number of nitrogens with one attached hydrogen (secondary N) is 1. The minimum Gasteiger partial charge on any atom is -0.478 e. The normalized spacial score (nSPS) is 10.4. The maximum absolute atomic E-state index is 10.9. The summed E-state index contributed by atoms with van der Waals surface area (Å²) in [6.07, 6.45) is 0. The second-order valence-electron chi connectivity index (χ2n) is 5.41. The van der Waals surface area contributed by atoms with Crippen LogP contribution < -0.4 is 5.32 Å². The van der Waals surface area contributed by atoms with Crippen LogP contribution in [-0.4, -0.2) is 21.0 Å². The topological polar surface area (TPSA) is 75.1 Å². The summed E-state index contributed by atoms with van der Waals surface area (Å²) in [4.78, 5) is 19.7. The number of rotatable bonds is 5. The number of nitrogens with zero attached hydrogens (tertiary/aromatic N) is 2. The predicted molar refractivity (Wildman–Crippen MR) is 92.9 cm³/mol. The number of carboxylic acids is 1. The molecule has 0 aliphatic heterocycles. The summed E-state index contributed by atoms with van der Waals surface area (Å²) >= 11 is 0. The highest BCUT2D eigenvalue weighted by Crippen LogP contribution is 2.19. The van der Waals surface area contributed by atoms with Gasteiger partial charge in [-0.1, -0.05) is 42.5 Å². The molecule has 0 bridgehead atoms. The van der Waals surface area contributed by atoms with E-state index in [2.05, 4.69) is 15.3 Å². The van der Waals surface area contributed by atoms with E-state index in [1.165, 1.54) is 0 Å². The summed E-state index contributed by atoms with van der Waals surface area (Å²) in [6.45, 7) is 2.42. The highest BCUT2D eigenvalue weighted by Gasteiger charge is 2.05. The molecule has 24 heavy (non-hydrogen) atoms. The van der Waals surface area contributed by atoms with E-state index in [4.69, 9.17) is 5.11 Å². The third kappa shape index (κ3) is 3.76. The van der Waals surface area contributed by atoms with Crippen LogP contribution in [-0.2, 0) is 6.54 Å². The number of anilines is 1. The van der Waals surface area contributed by atoms with Gasteiger partial charge in [0.05, 0.1) is 11.3 Å². The lowest BCUT2D eigenvalue weighted by atomic mass is 10.1. The fraction of sp³-hybridized carbons (Fsp3) is 0.105. The second-order valence-corrected chi connectivity index (χ2v) is 5.41. The molecule has 0 saturated carbocycles. The van der Waals surface area contributed by atoms with Crippen molar-refractivity contribution in [2.45, 2.75) is 13.5 Å². The Bertz CT molecular complexity index is 846. The van der Waals surface area contributed by atoms with Crippen molar-refractivity contribution in [1.82, 2.24) is 9.97 Å². The summed E-state index contributed by atoms with van der Waals surface area (Å²) in [5, 5.41) is 12.2. The van der Waals surface area contributed by atoms with Crippen molar-refractivity contribution in [3.8, 4) is 11.3 Å². The van der Waals surface area contributed by atoms with Gasteiger partial charge in [0.2, 0.25) is 0 Å². The molecule has 0 aliphatic carbocycles. The Kier molecular flexibility index (Phi) is 4.52. The predicted octanol–water partition coefficient (Wildman–Crippen LogP) is 3.76. The molecule has 1 heterocycles. The minimum absolute atomic E-state index is 0.281. The fourth-order valence-corrected chi connectivity index (χ4v) is 2.37. The molecular formula is C19H17N3O2. The molecule has 0 aliphatic rings. The SMILES string of the molecule is Cc1nc(NCc2ccc(C(=O)O)cc2)cc(-c2ccccc2)n1. The van der Waals surface area contributed by atoms with Gasteiger partial charge in [-0.3, -0.25) is 0 Å². The molecule has 0 atom stereocenters. The lowest BCUT2D eigenvalue weighted by molar-refractivity contribution is 0.0697. The lowest BCUT2D eigenvalue weighted by Gasteiger charge is -2.09. The highest BCUT2D eigenvalue weighted by atomic mass is 16.4. The van der Waals surface area contributed by atoms with Crippen molar-refractivity contribution >= 4 is 11.8 Å². The molecule has 5 heteroatoms. The van der Waals surface area contributed by atoms with Crippen molar-refractivity contribution in [2.75, 3.05) is 5.32 Å². The van der Waals surface area contributed by atoms with Gasteiger partial charge in [-0.15, -0.1) is 0 Å². The molecule has 0 saturated heterocycles. The molecule has 2 aromatic carbocycles. The molecule has 0 spiro atoms. The van der Waals surface area contributed by atoms with Gasteiger partial charge in [0.25, 0.3) is 0 Å². The molecule has 3 rings (SSSR count). The van der Waals surface area contributed by atoms with E-state index in [1.807, 2.05) is 43.3 Å². The lowest BCUT2D eigenvalue weighted by Crippen LogP contribution is -2.04. The van der Waals surface area contributed by atoms with Crippen LogP contribution in [0.4, 0.5) is 5.82 Å². The first kappa shape index (κ1) is 15.7. The third-order valence-electron chi connectivity index (χ3n) is 3.58. The summed E-state index contributed by atoms with van der Waals surface area (Å²) in [5.74, 6) is 0.511. The van der Waals surface area contributed by atoms with Gasteiger partial charge in [-0.05, 0) is 24.6 Å². The van der Waals surface area contributed by atoms with Crippen molar-refractivity contribution < 1.29 is 9.90 Å². The van der Waals surface area contributed by atoms with Crippen LogP contribution in [0.5, 0.6) is 0 Å². The zero-order chi connectivity index (χ0) is 16.9. The van der Waals surface area contributed by atoms with Crippen LogP contribution >= 0.6 is 0 Å². The molecule has 3 aromatic rings. The number of aromatic carboxylic acids is 1. The molecule has 0 radical (unpaired) electrons. The van der Waals surface area contributed by atoms with Gasteiger partial charge in [-0.25, -0.2) is 14.8 Å². The third-order valence-corrected chi connectivity index (χ3v) is 3.58. The molecular weight excluding hydrogens is 302 g/mol. The van der Waals surface area contributed by atoms with Crippen molar-refractivity contribution in [2.24, 2.45) is 0 Å². The maximum atomic E-state index is 10.9. The Morgan fingerprint density at radius 3 is 2.42 bits per heavy atom. The number of hydrogen-bond acceptors (Lipinski definition) is 4. The van der Waals surface area contributed by atoms with Crippen LogP contribution in [0, 0.1) is 6.92 Å². The summed E-state index contributed by atoms with van der Waals surface area (Å²) < 4.78 is 0. The molecule has 2 N–H and O–H groups in total. The molecule has 120 valence electrons. The van der Waals surface area contributed by atoms with E-state index >= 15 is 0 Å². The molecule has 0 fully saturated rings. The Labute approximate surface area is 140 Å². The van der Waals surface area contributed by atoms with E-state index in [-0.39, 0.29) is 5.56 Å². The molecule has 5 nitrogen and oxygen atoms in total. The zero-order valence-corrected chi connectivity index (χ0v) is 13.2. The van der Waals surface area contributed by atoms with Crippen LogP contribution in [0.25, 0.3) is 11.3 Å². The number of carbonyl (C=O) groups is 1. The number of hydrogen-bond donors (Lipinski definition) is 2. The minimum atomic E-state index is -0.923. The van der Waals surface area contributed by atoms with E-state index in [0.717, 1.165) is 22.6 Å². The van der Waals surface area contributed by atoms with E-state index in [1.54, 1.807) is 24.3 Å². The van der Waals surface area contributed by atoms with Gasteiger partial charge in [0.15, 0.2) is 0 Å². The quantitative estimate of drug-likeness (QED) is 0.749. The first-order chi connectivity index (χ1) is 11.6. The van der Waals surface area contributed by atoms with Crippen LogP contribution in [0.1, 0.15) is 21.7 Å². The van der Waals surface area contributed by atoms with E-state index < -0.39 is 5.97 Å². The average molecular weight is 319 g/mol. The van der Waals surface area contributed by atoms with Gasteiger partial charge in [0, 0.05) is 18.2 Å². The number of aryl methyl sites for hydroxylation is 1. The Hall–Kier alpha value is -3.21. The summed E-state index contributed by atoms with van der Waals surface area (Å²) in [5.41, 5.74) is 3.17. The zero-order valence-electron chi connectivity index (χ0n) is 13.2. The molecule has 0 amide bonds. The van der Waals surface area contributed by atoms with Gasteiger partial charge >= 0.3 is 5.97 Å². The van der Waals surface area contributed by atoms with Gasteiger partial charge in [0.1, 0.15) is 11.6 Å². The summed E-state index contributed by atoms with van der Waals surface area (Å²) in [7, 11) is 0. The Morgan fingerprint density at radius 1 is 1.04 bits per heavy atom. The Balaban J connectivity index is 1.75. The van der Waals surface area contributed by atoms with Crippen molar-refractivity contribution in [3.05, 3.63) is 77.6 Å². The van der Waals surface area contributed by atoms with Crippen LogP contribution in [0.2, 0.25) is 0 Å². The Morgan fingerprint density at radius 2 is 1.75 bits per heavy atom. The molecule has 0 unspecified atom stereocenters. The number of benzene rings is 2. The van der Waals surface area contributed by atoms with Gasteiger partial charge in [-0.2, -0.15) is 0 Å². The second kappa shape index (κ2) is 6.91. The first-order valence-corrected chi connectivity index (χ1v) is 7.59. The van der Waals surface area contributed by atoms with Crippen molar-refractivity contribution in [1.29, 1.82) is 0 Å². The van der Waals surface area contributed by atoms with E-state index in [9.17, 15) is 4.79 Å². The maximum Gasteiger partial charge on any atom is 0.335 e. The van der Waals surface area contributed by atoms with Crippen LogP contribution in [0.3, 0.4) is 0 Å². The smallest absolute Gasteiger partial charge is 0.335 e. The summed E-state index contributed by atoms with van der Waals surface area (Å²) in [6, 6.07) is 18.6. The first-order valence-electron chi connectivity index (χ1n) is 7.59. The average Bonchev–Trinajstić information content (AvgIpc) is 2.60. The number of carboxylic acid groups (broad SMARTS) is 1. The fourth-order valence-electron chi connectivity index (χ4n) is 2.37. The van der Waals surface area contributed by atoms with Crippen LogP contribution in [0.15, 0.2) is 60.7 Å². The van der Waals surface area contributed by atoms with E-state index in [0.29, 0.717) is 12.4 Å². The van der Waals surface area contributed by atoms with Crippen molar-refractivity contribution in [3.63, 3.8) is 0 Å².